The number of amides is 1. The molecule has 1 aliphatic heterocycles. The lowest BCUT2D eigenvalue weighted by Crippen LogP contribution is -2.46. The molecule has 1 fully saturated rings. The number of benzene rings is 1. The van der Waals surface area contributed by atoms with Gasteiger partial charge in [-0.05, 0) is 18.6 Å². The van der Waals surface area contributed by atoms with Crippen LogP contribution in [0.3, 0.4) is 0 Å². The highest BCUT2D eigenvalue weighted by Gasteiger charge is 2.27. The molecule has 0 radical (unpaired) electrons. The van der Waals surface area contributed by atoms with Gasteiger partial charge in [-0.15, -0.1) is 0 Å². The third-order valence-corrected chi connectivity index (χ3v) is 4.04. The molecule has 0 aliphatic carbocycles. The van der Waals surface area contributed by atoms with Crippen LogP contribution >= 0.6 is 11.6 Å². The van der Waals surface area contributed by atoms with Gasteiger partial charge in [0.25, 0.3) is 5.91 Å². The second kappa shape index (κ2) is 8.92. The van der Waals surface area contributed by atoms with Gasteiger partial charge in [-0.2, -0.15) is 0 Å². The molecule has 1 unspecified atom stereocenters. The molecular weight excluding hydrogens is 350 g/mol. The van der Waals surface area contributed by atoms with E-state index >= 15 is 0 Å². The summed E-state index contributed by atoms with van der Waals surface area (Å²) in [5.41, 5.74) is 0.363. The third kappa shape index (κ3) is 4.99. The van der Waals surface area contributed by atoms with Crippen molar-refractivity contribution in [2.75, 3.05) is 33.4 Å². The monoisotopic (exact) mass is 371 g/mol. The molecule has 138 valence electrons. The largest absolute Gasteiger partial charge is 0.493 e. The molecule has 0 bridgehead atoms. The maximum absolute atomic E-state index is 12.7. The fraction of sp³-hybridized carbons (Fsp3) is 0.529. The van der Waals surface area contributed by atoms with Crippen LogP contribution in [-0.2, 0) is 9.53 Å². The van der Waals surface area contributed by atoms with Crippen LogP contribution in [0.2, 0.25) is 5.02 Å². The molecule has 0 saturated carbocycles. The minimum Gasteiger partial charge on any atom is -0.493 e. The molecule has 1 aliphatic rings. The average Bonchev–Trinajstić information content (AvgIpc) is 2.59. The van der Waals surface area contributed by atoms with Crippen molar-refractivity contribution in [1.82, 2.24) is 4.90 Å². The van der Waals surface area contributed by atoms with Crippen molar-refractivity contribution in [1.29, 1.82) is 0 Å². The van der Waals surface area contributed by atoms with Crippen LogP contribution in [0.4, 0.5) is 0 Å². The van der Waals surface area contributed by atoms with E-state index < -0.39 is 12.1 Å². The van der Waals surface area contributed by atoms with E-state index in [9.17, 15) is 9.59 Å². The Kier molecular flexibility index (Phi) is 6.90. The summed E-state index contributed by atoms with van der Waals surface area (Å²) in [5.74, 6) is -0.407. The molecule has 0 spiro atoms. The van der Waals surface area contributed by atoms with Crippen molar-refractivity contribution in [2.24, 2.45) is 0 Å². The first kappa shape index (κ1) is 19.3. The second-order valence-corrected chi connectivity index (χ2v) is 6.09. The van der Waals surface area contributed by atoms with Crippen LogP contribution in [0.1, 0.15) is 30.1 Å². The predicted molar refractivity (Wildman–Crippen MR) is 91.7 cm³/mol. The topological polar surface area (TPSA) is 85.3 Å². The first-order valence-electron chi connectivity index (χ1n) is 8.09. The first-order valence-corrected chi connectivity index (χ1v) is 8.47. The average molecular weight is 372 g/mol. The minimum atomic E-state index is -0.957. The Morgan fingerprint density at radius 2 is 2.20 bits per heavy atom. The third-order valence-electron chi connectivity index (χ3n) is 3.76. The van der Waals surface area contributed by atoms with E-state index in [1.165, 1.54) is 7.11 Å². The maximum Gasteiger partial charge on any atom is 0.306 e. The Balaban J connectivity index is 2.18. The van der Waals surface area contributed by atoms with E-state index in [-0.39, 0.29) is 18.9 Å². The Hall–Kier alpha value is -1.99. The molecule has 1 N–H and O–H groups in total. The van der Waals surface area contributed by atoms with E-state index in [0.29, 0.717) is 41.8 Å². The number of carbonyl (C=O) groups excluding carboxylic acids is 1. The normalized spacial score (nSPS) is 17.2. The van der Waals surface area contributed by atoms with Crippen molar-refractivity contribution < 1.29 is 28.9 Å². The highest BCUT2D eigenvalue weighted by molar-refractivity contribution is 6.32. The van der Waals surface area contributed by atoms with Gasteiger partial charge in [-0.25, -0.2) is 0 Å². The Morgan fingerprint density at radius 1 is 1.44 bits per heavy atom. The molecule has 1 saturated heterocycles. The number of methoxy groups -OCH3 is 1. The highest BCUT2D eigenvalue weighted by atomic mass is 35.5. The smallest absolute Gasteiger partial charge is 0.306 e. The molecule has 2 rings (SSSR count). The molecule has 1 aromatic rings. The Labute approximate surface area is 151 Å². The quantitative estimate of drug-likeness (QED) is 0.792. The number of halogens is 1. The minimum absolute atomic E-state index is 0.141. The van der Waals surface area contributed by atoms with Gasteiger partial charge < -0.3 is 24.2 Å². The summed E-state index contributed by atoms with van der Waals surface area (Å²) in [7, 11) is 1.48. The zero-order chi connectivity index (χ0) is 18.4. The second-order valence-electron chi connectivity index (χ2n) is 5.68. The molecule has 0 aromatic heterocycles. The number of rotatable bonds is 7. The summed E-state index contributed by atoms with van der Waals surface area (Å²) >= 11 is 6.25. The van der Waals surface area contributed by atoms with Gasteiger partial charge in [-0.3, -0.25) is 9.59 Å². The van der Waals surface area contributed by atoms with Crippen molar-refractivity contribution in [3.05, 3.63) is 22.7 Å². The predicted octanol–water partition coefficient (Wildman–Crippen LogP) is 2.45. The number of ether oxygens (including phenoxy) is 3. The molecule has 1 heterocycles. The van der Waals surface area contributed by atoms with Crippen LogP contribution in [0, 0.1) is 0 Å². The number of aliphatic carboxylic acids is 1. The van der Waals surface area contributed by atoms with E-state index in [2.05, 4.69) is 0 Å². The van der Waals surface area contributed by atoms with Gasteiger partial charge in [-0.1, -0.05) is 18.5 Å². The van der Waals surface area contributed by atoms with E-state index in [1.54, 1.807) is 17.0 Å². The molecule has 1 atom stereocenters. The van der Waals surface area contributed by atoms with Crippen LogP contribution in [-0.4, -0.2) is 61.4 Å². The number of carboxylic acids is 1. The molecule has 8 heteroatoms. The lowest BCUT2D eigenvalue weighted by atomic mass is 10.1. The summed E-state index contributed by atoms with van der Waals surface area (Å²) in [5, 5.41) is 9.18. The van der Waals surface area contributed by atoms with Crippen LogP contribution in [0.25, 0.3) is 0 Å². The first-order chi connectivity index (χ1) is 12.0. The van der Waals surface area contributed by atoms with E-state index in [4.69, 9.17) is 30.9 Å². The van der Waals surface area contributed by atoms with Crippen LogP contribution < -0.4 is 9.47 Å². The lowest BCUT2D eigenvalue weighted by Gasteiger charge is -2.32. The number of morpholine rings is 1. The number of hydrogen-bond acceptors (Lipinski definition) is 5. The van der Waals surface area contributed by atoms with Crippen molar-refractivity contribution in [3.63, 3.8) is 0 Å². The molecule has 1 aromatic carbocycles. The van der Waals surface area contributed by atoms with E-state index in [1.807, 2.05) is 6.92 Å². The highest BCUT2D eigenvalue weighted by Crippen LogP contribution is 2.37. The number of carbonyl (C=O) groups is 2. The Bertz CT molecular complexity index is 636. The zero-order valence-corrected chi connectivity index (χ0v) is 15.0. The van der Waals surface area contributed by atoms with Gasteiger partial charge in [0.05, 0.1) is 37.9 Å². The molecule has 25 heavy (non-hydrogen) atoms. The molecular formula is C17H22ClNO6. The standard InChI is InChI=1S/C17H22ClNO6/c1-3-5-25-16-13(18)7-11(8-14(16)23-2)17(22)19-4-6-24-12(10-19)9-15(20)21/h7-8,12H,3-6,9-10H2,1-2H3,(H,20,21). The summed E-state index contributed by atoms with van der Waals surface area (Å²) in [6, 6.07) is 3.12. The SMILES string of the molecule is CCCOc1c(Cl)cc(C(=O)N2CCOC(CC(=O)O)C2)cc1OC. The molecule has 1 amide bonds. The number of hydrogen-bond donors (Lipinski definition) is 1. The van der Waals surface area contributed by atoms with Gasteiger partial charge in [0.1, 0.15) is 0 Å². The van der Waals surface area contributed by atoms with Crippen LogP contribution in [0.5, 0.6) is 11.5 Å². The number of carboxylic acid groups (broad SMARTS) is 1. The van der Waals surface area contributed by atoms with Gasteiger partial charge >= 0.3 is 5.97 Å². The van der Waals surface area contributed by atoms with Crippen molar-refractivity contribution >= 4 is 23.5 Å². The Morgan fingerprint density at radius 3 is 2.84 bits per heavy atom. The van der Waals surface area contributed by atoms with Crippen LogP contribution in [0.15, 0.2) is 12.1 Å². The van der Waals surface area contributed by atoms with Gasteiger partial charge in [0.2, 0.25) is 0 Å². The fourth-order valence-corrected chi connectivity index (χ4v) is 2.86. The fourth-order valence-electron chi connectivity index (χ4n) is 2.59. The molecule has 7 nitrogen and oxygen atoms in total. The van der Waals surface area contributed by atoms with E-state index in [0.717, 1.165) is 6.42 Å². The summed E-state index contributed by atoms with van der Waals surface area (Å²) in [6.45, 7) is 3.38. The summed E-state index contributed by atoms with van der Waals surface area (Å²) in [4.78, 5) is 25.1. The summed E-state index contributed by atoms with van der Waals surface area (Å²) in [6.07, 6.45) is 0.163. The van der Waals surface area contributed by atoms with Crippen molar-refractivity contribution in [3.8, 4) is 11.5 Å². The lowest BCUT2D eigenvalue weighted by molar-refractivity contribution is -0.141. The van der Waals surface area contributed by atoms with Gasteiger partial charge in [0.15, 0.2) is 11.5 Å². The van der Waals surface area contributed by atoms with Crippen molar-refractivity contribution in [2.45, 2.75) is 25.9 Å². The summed E-state index contributed by atoms with van der Waals surface area (Å²) < 4.78 is 16.3. The van der Waals surface area contributed by atoms with Gasteiger partial charge in [0, 0.05) is 18.7 Å². The number of nitrogens with zero attached hydrogens (tertiary/aromatic N) is 1. The zero-order valence-electron chi connectivity index (χ0n) is 14.3. The maximum atomic E-state index is 12.7.